The van der Waals surface area contributed by atoms with Crippen LogP contribution in [0.15, 0.2) is 47.4 Å². The quantitative estimate of drug-likeness (QED) is 0.481. The second kappa shape index (κ2) is 9.20. The Labute approximate surface area is 177 Å². The minimum atomic E-state index is -3.81. The highest BCUT2D eigenvalue weighted by molar-refractivity contribution is 7.89. The number of aromatic nitrogens is 1. The molecular weight excluding hydrogens is 428 g/mol. The van der Waals surface area contributed by atoms with Gasteiger partial charge in [-0.15, -0.1) is 0 Å². The third kappa shape index (κ3) is 5.32. The van der Waals surface area contributed by atoms with Crippen LogP contribution in [-0.2, 0) is 19.6 Å². The molecule has 2 amide bonds. The number of sulfonamides is 1. The van der Waals surface area contributed by atoms with E-state index >= 15 is 0 Å². The first kappa shape index (κ1) is 21.7. The zero-order valence-electron chi connectivity index (χ0n) is 16.3. The Morgan fingerprint density at radius 3 is 2.50 bits per heavy atom. The molecule has 0 saturated heterocycles. The molecule has 30 heavy (non-hydrogen) atoms. The first-order valence-corrected chi connectivity index (χ1v) is 11.1. The van der Waals surface area contributed by atoms with Crippen molar-refractivity contribution in [3.05, 3.63) is 48.0 Å². The molecule has 9 nitrogen and oxygen atoms in total. The van der Waals surface area contributed by atoms with Crippen LogP contribution in [0.2, 0.25) is 0 Å². The number of ether oxygens (including phenoxy) is 1. The van der Waals surface area contributed by atoms with Gasteiger partial charge >= 0.3 is 0 Å². The maximum atomic E-state index is 12.2. The van der Waals surface area contributed by atoms with Crippen molar-refractivity contribution in [2.75, 3.05) is 25.5 Å². The summed E-state index contributed by atoms with van der Waals surface area (Å²) in [5.41, 5.74) is 1.55. The van der Waals surface area contributed by atoms with Crippen LogP contribution in [0.4, 0.5) is 5.13 Å². The third-order valence-corrected chi connectivity index (χ3v) is 6.40. The Balaban J connectivity index is 1.50. The van der Waals surface area contributed by atoms with Gasteiger partial charge in [-0.1, -0.05) is 35.1 Å². The number of anilines is 1. The van der Waals surface area contributed by atoms with E-state index in [1.54, 1.807) is 18.2 Å². The summed E-state index contributed by atoms with van der Waals surface area (Å²) in [6.07, 6.45) is 0. The van der Waals surface area contributed by atoms with Gasteiger partial charge in [0, 0.05) is 0 Å². The summed E-state index contributed by atoms with van der Waals surface area (Å²) < 4.78 is 32.6. The molecule has 0 fully saturated rings. The summed E-state index contributed by atoms with van der Waals surface area (Å²) in [7, 11) is -2.28. The largest absolute Gasteiger partial charge is 0.494 e. The van der Waals surface area contributed by atoms with E-state index in [9.17, 15) is 18.0 Å². The number of benzene rings is 2. The van der Waals surface area contributed by atoms with Crippen LogP contribution >= 0.6 is 11.3 Å². The number of nitrogens with one attached hydrogen (secondary N) is 3. The standard InChI is InChI=1S/C19H20N4O5S2/c1-12-6-8-13(9-7-12)30(26,27)21-11-16(24)20-10-17(25)22-19-23-18-14(28-2)4-3-5-15(18)29-19/h3-9,21H,10-11H2,1-2H3,(H,20,24)(H,22,23,25). The number of carbonyl (C=O) groups is 2. The van der Waals surface area contributed by atoms with Crippen molar-refractivity contribution >= 4 is 48.5 Å². The number of methoxy groups -OCH3 is 1. The minimum absolute atomic E-state index is 0.0601. The highest BCUT2D eigenvalue weighted by Crippen LogP contribution is 2.31. The van der Waals surface area contributed by atoms with E-state index in [1.807, 2.05) is 19.1 Å². The number of hydrogen-bond donors (Lipinski definition) is 3. The number of hydrogen-bond acceptors (Lipinski definition) is 7. The SMILES string of the molecule is COc1cccc2sc(NC(=O)CNC(=O)CNS(=O)(=O)c3ccc(C)cc3)nc12. The lowest BCUT2D eigenvalue weighted by molar-refractivity contribution is -0.123. The Hall–Kier alpha value is -3.02. The molecule has 1 heterocycles. The Morgan fingerprint density at radius 2 is 1.80 bits per heavy atom. The van der Waals surface area contributed by atoms with Gasteiger partial charge in [-0.25, -0.2) is 18.1 Å². The third-order valence-electron chi connectivity index (χ3n) is 4.05. The van der Waals surface area contributed by atoms with Crippen LogP contribution in [0.1, 0.15) is 5.56 Å². The molecule has 3 rings (SSSR count). The molecule has 0 aliphatic carbocycles. The molecule has 11 heteroatoms. The molecule has 0 radical (unpaired) electrons. The van der Waals surface area contributed by atoms with E-state index in [4.69, 9.17) is 4.74 Å². The van der Waals surface area contributed by atoms with Crippen molar-refractivity contribution in [3.63, 3.8) is 0 Å². The number of carbonyl (C=O) groups excluding carboxylic acids is 2. The van der Waals surface area contributed by atoms with E-state index in [0.29, 0.717) is 16.4 Å². The molecule has 0 saturated carbocycles. The van der Waals surface area contributed by atoms with Gasteiger partial charge in [0.1, 0.15) is 11.3 Å². The lowest BCUT2D eigenvalue weighted by atomic mass is 10.2. The van der Waals surface area contributed by atoms with Gasteiger partial charge in [0.25, 0.3) is 0 Å². The van der Waals surface area contributed by atoms with Gasteiger partial charge in [-0.3, -0.25) is 9.59 Å². The Kier molecular flexibility index (Phi) is 6.65. The highest BCUT2D eigenvalue weighted by Gasteiger charge is 2.16. The normalized spacial score (nSPS) is 11.3. The predicted octanol–water partition coefficient (Wildman–Crippen LogP) is 1.65. The van der Waals surface area contributed by atoms with E-state index in [0.717, 1.165) is 10.3 Å². The summed E-state index contributed by atoms with van der Waals surface area (Å²) in [4.78, 5) is 28.4. The molecule has 0 bridgehead atoms. The van der Waals surface area contributed by atoms with Crippen LogP contribution in [0.5, 0.6) is 5.75 Å². The number of thiazole rings is 1. The van der Waals surface area contributed by atoms with E-state index < -0.39 is 28.4 Å². The summed E-state index contributed by atoms with van der Waals surface area (Å²) in [6.45, 7) is 1.03. The maximum absolute atomic E-state index is 12.2. The average molecular weight is 449 g/mol. The van der Waals surface area contributed by atoms with E-state index in [1.165, 1.54) is 30.6 Å². The van der Waals surface area contributed by atoms with Crippen LogP contribution in [0, 0.1) is 6.92 Å². The number of rotatable bonds is 8. The lowest BCUT2D eigenvalue weighted by Crippen LogP contribution is -2.40. The molecule has 3 aromatic rings. The fourth-order valence-corrected chi connectivity index (χ4v) is 4.39. The van der Waals surface area contributed by atoms with Crippen molar-refractivity contribution in [1.29, 1.82) is 0 Å². The Morgan fingerprint density at radius 1 is 1.07 bits per heavy atom. The second-order valence-electron chi connectivity index (χ2n) is 6.29. The van der Waals surface area contributed by atoms with Gasteiger partial charge in [0.2, 0.25) is 21.8 Å². The average Bonchev–Trinajstić information content (AvgIpc) is 3.13. The summed E-state index contributed by atoms with van der Waals surface area (Å²) in [5.74, 6) is -0.520. The van der Waals surface area contributed by atoms with Gasteiger partial charge < -0.3 is 15.4 Å². The molecule has 3 N–H and O–H groups in total. The summed E-state index contributed by atoms with van der Waals surface area (Å²) in [5, 5.41) is 5.34. The maximum Gasteiger partial charge on any atom is 0.245 e. The van der Waals surface area contributed by atoms with Crippen LogP contribution in [-0.4, -0.2) is 45.4 Å². The van der Waals surface area contributed by atoms with Gasteiger partial charge in [0.15, 0.2) is 5.13 Å². The van der Waals surface area contributed by atoms with E-state index in [-0.39, 0.29) is 11.4 Å². The molecule has 0 aliphatic rings. The molecular formula is C19H20N4O5S2. The number of nitrogens with zero attached hydrogens (tertiary/aromatic N) is 1. The molecule has 0 spiro atoms. The zero-order chi connectivity index (χ0) is 21.7. The number of fused-ring (bicyclic) bond motifs is 1. The monoisotopic (exact) mass is 448 g/mol. The van der Waals surface area contributed by atoms with Gasteiger partial charge in [-0.05, 0) is 31.2 Å². The van der Waals surface area contributed by atoms with Gasteiger partial charge in [-0.2, -0.15) is 0 Å². The van der Waals surface area contributed by atoms with Crippen LogP contribution in [0.25, 0.3) is 10.2 Å². The molecule has 0 atom stereocenters. The lowest BCUT2D eigenvalue weighted by Gasteiger charge is -2.08. The first-order valence-electron chi connectivity index (χ1n) is 8.85. The molecule has 0 aliphatic heterocycles. The van der Waals surface area contributed by atoms with Crippen molar-refractivity contribution in [2.45, 2.75) is 11.8 Å². The predicted molar refractivity (Wildman–Crippen MR) is 114 cm³/mol. The summed E-state index contributed by atoms with van der Waals surface area (Å²) in [6, 6.07) is 11.7. The molecule has 2 aromatic carbocycles. The van der Waals surface area contributed by atoms with Crippen molar-refractivity contribution < 1.29 is 22.7 Å². The molecule has 0 unspecified atom stereocenters. The minimum Gasteiger partial charge on any atom is -0.494 e. The van der Waals surface area contributed by atoms with Crippen LogP contribution < -0.4 is 20.1 Å². The smallest absolute Gasteiger partial charge is 0.245 e. The number of para-hydroxylation sites is 1. The van der Waals surface area contributed by atoms with Crippen molar-refractivity contribution in [1.82, 2.24) is 15.0 Å². The fourth-order valence-electron chi connectivity index (χ4n) is 2.51. The number of aryl methyl sites for hydroxylation is 1. The van der Waals surface area contributed by atoms with E-state index in [2.05, 4.69) is 20.3 Å². The van der Waals surface area contributed by atoms with Crippen LogP contribution in [0.3, 0.4) is 0 Å². The van der Waals surface area contributed by atoms with Crippen molar-refractivity contribution in [2.24, 2.45) is 0 Å². The molecule has 1 aromatic heterocycles. The topological polar surface area (TPSA) is 126 Å². The highest BCUT2D eigenvalue weighted by atomic mass is 32.2. The zero-order valence-corrected chi connectivity index (χ0v) is 17.9. The fraction of sp³-hybridized carbons (Fsp3) is 0.211. The first-order chi connectivity index (χ1) is 14.3. The summed E-state index contributed by atoms with van der Waals surface area (Å²) >= 11 is 1.27. The van der Waals surface area contributed by atoms with Gasteiger partial charge in [0.05, 0.1) is 29.8 Å². The number of amides is 2. The Bertz CT molecular complexity index is 1170. The molecule has 158 valence electrons. The second-order valence-corrected chi connectivity index (χ2v) is 9.09. The van der Waals surface area contributed by atoms with Crippen molar-refractivity contribution in [3.8, 4) is 5.75 Å².